The van der Waals surface area contributed by atoms with E-state index in [1.165, 1.54) is 0 Å². The van der Waals surface area contributed by atoms with Crippen LogP contribution in [-0.4, -0.2) is 42.5 Å². The quantitative estimate of drug-likeness (QED) is 0.526. The first-order chi connectivity index (χ1) is 9.24. The molecule has 0 radical (unpaired) electrons. The second-order valence-electron chi connectivity index (χ2n) is 6.46. The highest BCUT2D eigenvalue weighted by molar-refractivity contribution is 5.94. The van der Waals surface area contributed by atoms with Crippen molar-refractivity contribution in [3.63, 3.8) is 0 Å². The maximum Gasteiger partial charge on any atom is 0.352 e. The highest BCUT2D eigenvalue weighted by atomic mass is 16.4. The molecule has 20 heavy (non-hydrogen) atoms. The zero-order chi connectivity index (χ0) is 15.3. The average molecular weight is 282 g/mol. The van der Waals surface area contributed by atoms with Gasteiger partial charge in [0.1, 0.15) is 5.70 Å². The minimum atomic E-state index is -1.07. The Morgan fingerprint density at radius 3 is 2.40 bits per heavy atom. The highest BCUT2D eigenvalue weighted by Crippen LogP contribution is 2.51. The molecule has 1 atom stereocenters. The second-order valence-corrected chi connectivity index (χ2v) is 6.46. The Labute approximate surface area is 121 Å². The molecular weight excluding hydrogens is 256 g/mol. The Hall–Kier alpha value is -1.36. The summed E-state index contributed by atoms with van der Waals surface area (Å²) in [5.41, 5.74) is 0.0296. The van der Waals surface area contributed by atoms with Crippen LogP contribution in [0.25, 0.3) is 0 Å². The van der Waals surface area contributed by atoms with Crippen LogP contribution in [0.1, 0.15) is 39.5 Å². The lowest BCUT2D eigenvalue weighted by Gasteiger charge is -2.09. The molecule has 1 amide bonds. The van der Waals surface area contributed by atoms with E-state index in [0.29, 0.717) is 6.42 Å². The summed E-state index contributed by atoms with van der Waals surface area (Å²) < 4.78 is 0. The van der Waals surface area contributed by atoms with E-state index in [1.807, 2.05) is 27.9 Å². The standard InChI is InChI=1S/C15H26N2O3/c1-15(2)10-11(15)13(18)16-12(14(19)20)8-6-5-7-9-17(3)4/h8,11H,5-7,9-10H2,1-4H3,(H,16,18)(H,19,20)/b12-8+. The van der Waals surface area contributed by atoms with Crippen molar-refractivity contribution in [1.82, 2.24) is 10.2 Å². The first-order valence-corrected chi connectivity index (χ1v) is 7.13. The van der Waals surface area contributed by atoms with E-state index in [1.54, 1.807) is 6.08 Å². The maximum absolute atomic E-state index is 11.9. The Kier molecular flexibility index (Phi) is 5.74. The predicted molar refractivity (Wildman–Crippen MR) is 78.2 cm³/mol. The number of unbranched alkanes of at least 4 members (excludes halogenated alkanes) is 2. The van der Waals surface area contributed by atoms with Gasteiger partial charge >= 0.3 is 5.97 Å². The Morgan fingerprint density at radius 1 is 1.35 bits per heavy atom. The summed E-state index contributed by atoms with van der Waals surface area (Å²) in [6.07, 6.45) is 5.05. The van der Waals surface area contributed by atoms with Crippen molar-refractivity contribution in [3.05, 3.63) is 11.8 Å². The van der Waals surface area contributed by atoms with Gasteiger partial charge < -0.3 is 15.3 Å². The molecule has 1 saturated carbocycles. The summed E-state index contributed by atoms with van der Waals surface area (Å²) >= 11 is 0. The molecule has 1 aliphatic rings. The lowest BCUT2D eigenvalue weighted by Crippen LogP contribution is -2.29. The topological polar surface area (TPSA) is 69.6 Å². The number of hydrogen-bond donors (Lipinski definition) is 2. The van der Waals surface area contributed by atoms with Crippen LogP contribution in [0.15, 0.2) is 11.8 Å². The molecule has 0 aromatic heterocycles. The van der Waals surface area contributed by atoms with Gasteiger partial charge in [-0.2, -0.15) is 0 Å². The van der Waals surface area contributed by atoms with E-state index < -0.39 is 5.97 Å². The SMILES string of the molecule is CN(C)CCCC/C=C(/NC(=O)C1CC1(C)C)C(=O)O. The van der Waals surface area contributed by atoms with Gasteiger partial charge in [-0.3, -0.25) is 4.79 Å². The van der Waals surface area contributed by atoms with E-state index in [-0.39, 0.29) is 22.9 Å². The summed E-state index contributed by atoms with van der Waals surface area (Å²) in [6.45, 7) is 5.02. The van der Waals surface area contributed by atoms with Gasteiger partial charge in [0.05, 0.1) is 0 Å². The summed E-state index contributed by atoms with van der Waals surface area (Å²) in [5, 5.41) is 11.7. The smallest absolute Gasteiger partial charge is 0.352 e. The number of nitrogens with zero attached hydrogens (tertiary/aromatic N) is 1. The normalized spacial score (nSPS) is 20.9. The fourth-order valence-corrected chi connectivity index (χ4v) is 2.15. The Bertz CT molecular complexity index is 400. The number of hydrogen-bond acceptors (Lipinski definition) is 3. The molecule has 0 bridgehead atoms. The number of carboxylic acids is 1. The van der Waals surface area contributed by atoms with Gasteiger partial charge in [-0.25, -0.2) is 4.79 Å². The number of carbonyl (C=O) groups excluding carboxylic acids is 1. The third-order valence-corrected chi connectivity index (χ3v) is 3.73. The summed E-state index contributed by atoms with van der Waals surface area (Å²) in [5.74, 6) is -1.29. The van der Waals surface area contributed by atoms with Gasteiger partial charge in [0.25, 0.3) is 0 Å². The fraction of sp³-hybridized carbons (Fsp3) is 0.733. The van der Waals surface area contributed by atoms with Gasteiger partial charge in [-0.1, -0.05) is 19.9 Å². The molecule has 1 aliphatic carbocycles. The van der Waals surface area contributed by atoms with Crippen molar-refractivity contribution in [1.29, 1.82) is 0 Å². The monoisotopic (exact) mass is 282 g/mol. The lowest BCUT2D eigenvalue weighted by molar-refractivity contribution is -0.135. The molecule has 5 heteroatoms. The molecule has 0 saturated heterocycles. The van der Waals surface area contributed by atoms with Crippen LogP contribution < -0.4 is 5.32 Å². The molecule has 0 aromatic carbocycles. The van der Waals surface area contributed by atoms with Crippen molar-refractivity contribution in [3.8, 4) is 0 Å². The van der Waals surface area contributed by atoms with Gasteiger partial charge in [0.2, 0.25) is 5.91 Å². The van der Waals surface area contributed by atoms with Crippen molar-refractivity contribution >= 4 is 11.9 Å². The van der Waals surface area contributed by atoms with Crippen LogP contribution in [0.3, 0.4) is 0 Å². The Morgan fingerprint density at radius 2 is 1.95 bits per heavy atom. The second kappa shape index (κ2) is 6.88. The summed E-state index contributed by atoms with van der Waals surface area (Å²) in [4.78, 5) is 25.1. The van der Waals surface area contributed by atoms with E-state index >= 15 is 0 Å². The molecule has 1 rings (SSSR count). The lowest BCUT2D eigenvalue weighted by atomic mass is 10.1. The van der Waals surface area contributed by atoms with Crippen LogP contribution in [0.2, 0.25) is 0 Å². The number of carboxylic acid groups (broad SMARTS) is 1. The minimum Gasteiger partial charge on any atom is -0.477 e. The molecule has 0 spiro atoms. The van der Waals surface area contributed by atoms with Crippen molar-refractivity contribution in [2.24, 2.45) is 11.3 Å². The van der Waals surface area contributed by atoms with Crippen molar-refractivity contribution in [2.45, 2.75) is 39.5 Å². The zero-order valence-electron chi connectivity index (χ0n) is 12.9. The molecule has 114 valence electrons. The first-order valence-electron chi connectivity index (χ1n) is 7.13. The molecule has 2 N–H and O–H groups in total. The van der Waals surface area contributed by atoms with Gasteiger partial charge in [-0.15, -0.1) is 0 Å². The van der Waals surface area contributed by atoms with Gasteiger partial charge in [0, 0.05) is 5.92 Å². The number of amides is 1. The number of rotatable bonds is 8. The van der Waals surface area contributed by atoms with Crippen LogP contribution in [-0.2, 0) is 9.59 Å². The third-order valence-electron chi connectivity index (χ3n) is 3.73. The number of nitrogens with one attached hydrogen (secondary N) is 1. The molecule has 0 aliphatic heterocycles. The zero-order valence-corrected chi connectivity index (χ0v) is 12.9. The molecule has 5 nitrogen and oxygen atoms in total. The number of allylic oxidation sites excluding steroid dienone is 1. The van der Waals surface area contributed by atoms with E-state index in [4.69, 9.17) is 5.11 Å². The largest absolute Gasteiger partial charge is 0.477 e. The average Bonchev–Trinajstić information content (AvgIpc) is 2.95. The Balaban J connectivity index is 2.40. The van der Waals surface area contributed by atoms with Crippen molar-refractivity contribution in [2.75, 3.05) is 20.6 Å². The van der Waals surface area contributed by atoms with Gasteiger partial charge in [-0.05, 0) is 51.7 Å². The van der Waals surface area contributed by atoms with Crippen LogP contribution >= 0.6 is 0 Å². The minimum absolute atomic E-state index is 0.0133. The number of carbonyl (C=O) groups is 2. The molecule has 1 unspecified atom stereocenters. The molecule has 0 heterocycles. The summed E-state index contributed by atoms with van der Waals surface area (Å²) in [7, 11) is 4.02. The first kappa shape index (κ1) is 16.7. The summed E-state index contributed by atoms with van der Waals surface area (Å²) in [6, 6.07) is 0. The third kappa shape index (κ3) is 5.33. The van der Waals surface area contributed by atoms with Crippen LogP contribution in [0.5, 0.6) is 0 Å². The predicted octanol–water partition coefficient (Wildman–Crippen LogP) is 1.85. The van der Waals surface area contributed by atoms with E-state index in [9.17, 15) is 9.59 Å². The van der Waals surface area contributed by atoms with Crippen LogP contribution in [0, 0.1) is 11.3 Å². The number of aliphatic carboxylic acids is 1. The fourth-order valence-electron chi connectivity index (χ4n) is 2.15. The van der Waals surface area contributed by atoms with Gasteiger partial charge in [0.15, 0.2) is 0 Å². The van der Waals surface area contributed by atoms with Crippen molar-refractivity contribution < 1.29 is 14.7 Å². The molecule has 0 aromatic rings. The molecule has 1 fully saturated rings. The maximum atomic E-state index is 11.9. The van der Waals surface area contributed by atoms with E-state index in [0.717, 1.165) is 25.8 Å². The molecular formula is C15H26N2O3. The highest BCUT2D eigenvalue weighted by Gasteiger charge is 2.50. The van der Waals surface area contributed by atoms with Crippen LogP contribution in [0.4, 0.5) is 0 Å². The van der Waals surface area contributed by atoms with E-state index in [2.05, 4.69) is 10.2 Å².